The minimum atomic E-state index is 0.0834. The maximum Gasteiger partial charge on any atom is 0.224 e. The molecule has 136 valence electrons. The van der Waals surface area contributed by atoms with Crippen LogP contribution in [0.5, 0.6) is 0 Å². The van der Waals surface area contributed by atoms with Gasteiger partial charge in [-0.15, -0.1) is 0 Å². The molecular weight excluding hydrogens is 344 g/mol. The van der Waals surface area contributed by atoms with Crippen LogP contribution in [-0.2, 0) is 17.8 Å². The first-order valence-electron chi connectivity index (χ1n) is 9.11. The molecule has 3 aromatic rings. The van der Waals surface area contributed by atoms with E-state index in [0.29, 0.717) is 12.3 Å². The van der Waals surface area contributed by atoms with Crippen LogP contribution in [0, 0.1) is 5.92 Å². The van der Waals surface area contributed by atoms with Crippen LogP contribution in [0.25, 0.3) is 10.9 Å². The molecule has 0 bridgehead atoms. The van der Waals surface area contributed by atoms with Crippen molar-refractivity contribution < 1.29 is 4.79 Å². The number of hydrogen-bond acceptors (Lipinski definition) is 1. The Labute approximate surface area is 160 Å². The van der Waals surface area contributed by atoms with Gasteiger partial charge in [0, 0.05) is 35.2 Å². The van der Waals surface area contributed by atoms with E-state index in [-0.39, 0.29) is 5.91 Å². The topological polar surface area (TPSA) is 34.0 Å². The highest BCUT2D eigenvalue weighted by Gasteiger charge is 2.12. The number of benzene rings is 2. The van der Waals surface area contributed by atoms with E-state index >= 15 is 0 Å². The second-order valence-electron chi connectivity index (χ2n) is 7.14. The lowest BCUT2D eigenvalue weighted by atomic mass is 10.1. The number of hydrogen-bond donors (Lipinski definition) is 1. The second-order valence-corrected chi connectivity index (χ2v) is 7.57. The van der Waals surface area contributed by atoms with Crippen molar-refractivity contribution in [2.24, 2.45) is 5.92 Å². The smallest absolute Gasteiger partial charge is 0.224 e. The third-order valence-electron chi connectivity index (χ3n) is 4.53. The number of nitrogens with zero attached hydrogens (tertiary/aromatic N) is 1. The highest BCUT2D eigenvalue weighted by atomic mass is 35.5. The summed E-state index contributed by atoms with van der Waals surface area (Å²) in [6.07, 6.45) is 3.51. The zero-order valence-corrected chi connectivity index (χ0v) is 16.1. The van der Waals surface area contributed by atoms with Crippen molar-refractivity contribution >= 4 is 28.4 Å². The SMILES string of the molecule is CC(C)CCNC(=O)Cc1cn(Cc2ccc(Cl)cc2)c2ccccc12. The van der Waals surface area contributed by atoms with Crippen LogP contribution in [0.2, 0.25) is 5.02 Å². The van der Waals surface area contributed by atoms with Crippen LogP contribution < -0.4 is 5.32 Å². The van der Waals surface area contributed by atoms with Gasteiger partial charge < -0.3 is 9.88 Å². The number of rotatable bonds is 7. The van der Waals surface area contributed by atoms with Crippen molar-refractivity contribution in [1.82, 2.24) is 9.88 Å². The van der Waals surface area contributed by atoms with Gasteiger partial charge in [0.15, 0.2) is 0 Å². The van der Waals surface area contributed by atoms with Crippen molar-refractivity contribution in [3.05, 3.63) is 70.9 Å². The van der Waals surface area contributed by atoms with Crippen molar-refractivity contribution in [3.8, 4) is 0 Å². The molecule has 0 spiro atoms. The molecule has 1 heterocycles. The van der Waals surface area contributed by atoms with Crippen molar-refractivity contribution in [2.75, 3.05) is 6.54 Å². The van der Waals surface area contributed by atoms with Crippen molar-refractivity contribution in [2.45, 2.75) is 33.2 Å². The fourth-order valence-electron chi connectivity index (χ4n) is 3.12. The summed E-state index contributed by atoms with van der Waals surface area (Å²) in [7, 11) is 0. The van der Waals surface area contributed by atoms with E-state index in [4.69, 9.17) is 11.6 Å². The fourth-order valence-corrected chi connectivity index (χ4v) is 3.24. The predicted octanol–water partition coefficient (Wildman–Crippen LogP) is 5.05. The maximum atomic E-state index is 12.3. The number of halogens is 1. The number of fused-ring (bicyclic) bond motifs is 1. The molecule has 0 saturated carbocycles. The van der Waals surface area contributed by atoms with E-state index in [1.54, 1.807) is 0 Å². The summed E-state index contributed by atoms with van der Waals surface area (Å²) in [5, 5.41) is 4.91. The van der Waals surface area contributed by atoms with Crippen LogP contribution in [0.4, 0.5) is 0 Å². The molecule has 3 nitrogen and oxygen atoms in total. The lowest BCUT2D eigenvalue weighted by molar-refractivity contribution is -0.120. The molecule has 0 saturated heterocycles. The van der Waals surface area contributed by atoms with Gasteiger partial charge in [-0.25, -0.2) is 0 Å². The van der Waals surface area contributed by atoms with E-state index < -0.39 is 0 Å². The molecule has 0 atom stereocenters. The summed E-state index contributed by atoms with van der Waals surface area (Å²) in [5.74, 6) is 0.677. The number of para-hydroxylation sites is 1. The maximum absolute atomic E-state index is 12.3. The predicted molar refractivity (Wildman–Crippen MR) is 109 cm³/mol. The van der Waals surface area contributed by atoms with Gasteiger partial charge in [0.25, 0.3) is 0 Å². The lowest BCUT2D eigenvalue weighted by Gasteiger charge is -2.06. The Morgan fingerprint density at radius 2 is 1.85 bits per heavy atom. The van der Waals surface area contributed by atoms with Gasteiger partial charge in [-0.2, -0.15) is 0 Å². The summed E-state index contributed by atoms with van der Waals surface area (Å²) >= 11 is 5.98. The van der Waals surface area contributed by atoms with Crippen LogP contribution in [0.3, 0.4) is 0 Å². The van der Waals surface area contributed by atoms with E-state index in [1.165, 1.54) is 5.56 Å². The first-order chi connectivity index (χ1) is 12.5. The average Bonchev–Trinajstić information content (AvgIpc) is 2.94. The highest BCUT2D eigenvalue weighted by Crippen LogP contribution is 2.23. The monoisotopic (exact) mass is 368 g/mol. The largest absolute Gasteiger partial charge is 0.356 e. The van der Waals surface area contributed by atoms with Gasteiger partial charge in [-0.05, 0) is 41.7 Å². The molecule has 2 aromatic carbocycles. The van der Waals surface area contributed by atoms with E-state index in [9.17, 15) is 4.79 Å². The normalized spacial score (nSPS) is 11.2. The minimum absolute atomic E-state index is 0.0834. The molecule has 4 heteroatoms. The molecule has 0 aliphatic heterocycles. The van der Waals surface area contributed by atoms with Crippen LogP contribution in [-0.4, -0.2) is 17.0 Å². The molecule has 3 rings (SSSR count). The van der Waals surface area contributed by atoms with Gasteiger partial charge >= 0.3 is 0 Å². The molecule has 0 aliphatic rings. The fraction of sp³-hybridized carbons (Fsp3) is 0.318. The number of amides is 1. The Morgan fingerprint density at radius 1 is 1.12 bits per heavy atom. The van der Waals surface area contributed by atoms with Gasteiger partial charge in [-0.3, -0.25) is 4.79 Å². The standard InChI is InChI=1S/C22H25ClN2O/c1-16(2)11-12-24-22(26)13-18-15-25(21-6-4-3-5-20(18)21)14-17-7-9-19(23)10-8-17/h3-10,15-16H,11-14H2,1-2H3,(H,24,26). The summed E-state index contributed by atoms with van der Waals surface area (Å²) in [6, 6.07) is 16.1. The third-order valence-corrected chi connectivity index (χ3v) is 4.78. The minimum Gasteiger partial charge on any atom is -0.356 e. The summed E-state index contributed by atoms with van der Waals surface area (Å²) in [6.45, 7) is 5.82. The van der Waals surface area contributed by atoms with E-state index in [1.807, 2.05) is 36.4 Å². The second kappa shape index (κ2) is 8.41. The first-order valence-corrected chi connectivity index (χ1v) is 9.48. The highest BCUT2D eigenvalue weighted by molar-refractivity contribution is 6.30. The molecule has 1 N–H and O–H groups in total. The van der Waals surface area contributed by atoms with Gasteiger partial charge in [-0.1, -0.05) is 55.8 Å². The van der Waals surface area contributed by atoms with Gasteiger partial charge in [0.2, 0.25) is 5.91 Å². The Balaban J connectivity index is 1.78. The summed E-state index contributed by atoms with van der Waals surface area (Å²) < 4.78 is 2.20. The Hall–Kier alpha value is -2.26. The average molecular weight is 369 g/mol. The number of carbonyl (C=O) groups excluding carboxylic acids is 1. The summed E-state index contributed by atoms with van der Waals surface area (Å²) in [4.78, 5) is 12.3. The summed E-state index contributed by atoms with van der Waals surface area (Å²) in [5.41, 5.74) is 3.40. The number of carbonyl (C=O) groups is 1. The Bertz CT molecular complexity index is 881. The lowest BCUT2D eigenvalue weighted by Crippen LogP contribution is -2.26. The molecule has 0 fully saturated rings. The quantitative estimate of drug-likeness (QED) is 0.622. The molecule has 26 heavy (non-hydrogen) atoms. The molecule has 0 unspecified atom stereocenters. The van der Waals surface area contributed by atoms with Crippen LogP contribution in [0.1, 0.15) is 31.4 Å². The van der Waals surface area contributed by atoms with Crippen LogP contribution >= 0.6 is 11.6 Å². The van der Waals surface area contributed by atoms with Gasteiger partial charge in [0.05, 0.1) is 6.42 Å². The Morgan fingerprint density at radius 3 is 2.58 bits per heavy atom. The van der Waals surface area contributed by atoms with E-state index in [0.717, 1.165) is 41.0 Å². The zero-order valence-electron chi connectivity index (χ0n) is 15.3. The molecule has 1 amide bonds. The zero-order chi connectivity index (χ0) is 18.5. The molecule has 1 aromatic heterocycles. The van der Waals surface area contributed by atoms with Crippen molar-refractivity contribution in [3.63, 3.8) is 0 Å². The number of aromatic nitrogens is 1. The molecule has 0 aliphatic carbocycles. The van der Waals surface area contributed by atoms with Crippen LogP contribution in [0.15, 0.2) is 54.7 Å². The van der Waals surface area contributed by atoms with Gasteiger partial charge in [0.1, 0.15) is 0 Å². The Kier molecular flexibility index (Phi) is 6.00. The molecule has 0 radical (unpaired) electrons. The third kappa shape index (κ3) is 4.67. The van der Waals surface area contributed by atoms with E-state index in [2.05, 4.69) is 42.1 Å². The first kappa shape index (κ1) is 18.5. The van der Waals surface area contributed by atoms with Crippen molar-refractivity contribution in [1.29, 1.82) is 0 Å². The number of nitrogens with one attached hydrogen (secondary N) is 1. The molecular formula is C22H25ClN2O.